The second-order valence-electron chi connectivity index (χ2n) is 7.67. The standard InChI is InChI=1S/C23H23FN2O2/c24-17-9-5-8-16(12-17)18-10-3-4-11-19(18)22-20(13-25)26(21(22)14-27)23(28)15-6-1-2-7-15/h3-5,8-12,15,20-22,27H,1-2,6-7,14H2/t20-,21+,22-/m0/s1. The average molecular weight is 378 g/mol. The van der Waals surface area contributed by atoms with Gasteiger partial charge in [0.05, 0.1) is 18.7 Å². The zero-order valence-electron chi connectivity index (χ0n) is 15.6. The van der Waals surface area contributed by atoms with Crippen molar-refractivity contribution in [1.29, 1.82) is 5.26 Å². The third-order valence-electron chi connectivity index (χ3n) is 6.15. The summed E-state index contributed by atoms with van der Waals surface area (Å²) in [6.07, 6.45) is 3.79. The molecule has 5 heteroatoms. The summed E-state index contributed by atoms with van der Waals surface area (Å²) in [6.45, 7) is -0.196. The molecule has 2 aliphatic rings. The monoisotopic (exact) mass is 378 g/mol. The van der Waals surface area contributed by atoms with Crippen LogP contribution < -0.4 is 0 Å². The number of hydrogen-bond donors (Lipinski definition) is 1. The Kier molecular flexibility index (Phi) is 5.15. The van der Waals surface area contributed by atoms with E-state index in [2.05, 4.69) is 6.07 Å². The Balaban J connectivity index is 1.70. The van der Waals surface area contributed by atoms with Gasteiger partial charge in [0.15, 0.2) is 0 Å². The van der Waals surface area contributed by atoms with Gasteiger partial charge in [-0.25, -0.2) is 4.39 Å². The lowest BCUT2D eigenvalue weighted by Crippen LogP contribution is -2.66. The van der Waals surface area contributed by atoms with Gasteiger partial charge in [-0.05, 0) is 41.7 Å². The van der Waals surface area contributed by atoms with Gasteiger partial charge in [0.1, 0.15) is 11.9 Å². The topological polar surface area (TPSA) is 64.3 Å². The molecule has 1 aliphatic heterocycles. The highest BCUT2D eigenvalue weighted by atomic mass is 19.1. The van der Waals surface area contributed by atoms with E-state index >= 15 is 0 Å². The molecule has 1 saturated carbocycles. The maximum absolute atomic E-state index is 13.8. The Labute approximate surface area is 164 Å². The molecule has 2 aromatic rings. The average Bonchev–Trinajstić information content (AvgIpc) is 3.23. The summed E-state index contributed by atoms with van der Waals surface area (Å²) in [5.74, 6) is -0.666. The largest absolute Gasteiger partial charge is 0.394 e. The van der Waals surface area contributed by atoms with Crippen LogP contribution in [0, 0.1) is 23.1 Å². The Hall–Kier alpha value is -2.71. The molecule has 1 heterocycles. The number of carbonyl (C=O) groups is 1. The Morgan fingerprint density at radius 2 is 1.93 bits per heavy atom. The van der Waals surface area contributed by atoms with Crippen molar-refractivity contribution in [3.63, 3.8) is 0 Å². The summed E-state index contributed by atoms with van der Waals surface area (Å²) in [7, 11) is 0. The summed E-state index contributed by atoms with van der Waals surface area (Å²) >= 11 is 0. The van der Waals surface area contributed by atoms with Crippen LogP contribution in [0.5, 0.6) is 0 Å². The molecule has 1 aliphatic carbocycles. The fraction of sp³-hybridized carbons (Fsp3) is 0.391. The minimum absolute atomic E-state index is 0.0115. The van der Waals surface area contributed by atoms with Crippen LogP contribution in [-0.2, 0) is 4.79 Å². The normalized spacial score (nSPS) is 24.6. The second-order valence-corrected chi connectivity index (χ2v) is 7.67. The van der Waals surface area contributed by atoms with E-state index in [1.165, 1.54) is 12.1 Å². The first-order chi connectivity index (χ1) is 13.7. The molecule has 3 atom stereocenters. The zero-order chi connectivity index (χ0) is 19.7. The summed E-state index contributed by atoms with van der Waals surface area (Å²) in [4.78, 5) is 14.5. The fourth-order valence-corrected chi connectivity index (χ4v) is 4.77. The molecular weight excluding hydrogens is 355 g/mol. The van der Waals surface area contributed by atoms with Crippen LogP contribution in [0.2, 0.25) is 0 Å². The summed E-state index contributed by atoms with van der Waals surface area (Å²) in [6, 6.07) is 15.2. The quantitative estimate of drug-likeness (QED) is 0.879. The van der Waals surface area contributed by atoms with Crippen molar-refractivity contribution in [3.05, 3.63) is 59.9 Å². The summed E-state index contributed by atoms with van der Waals surface area (Å²) in [5.41, 5.74) is 2.43. The van der Waals surface area contributed by atoms with Crippen LogP contribution in [0.25, 0.3) is 11.1 Å². The highest BCUT2D eigenvalue weighted by Crippen LogP contribution is 2.45. The van der Waals surface area contributed by atoms with Crippen LogP contribution in [0.1, 0.15) is 37.2 Å². The lowest BCUT2D eigenvalue weighted by Gasteiger charge is -2.52. The highest BCUT2D eigenvalue weighted by molar-refractivity contribution is 5.82. The second kappa shape index (κ2) is 7.73. The van der Waals surface area contributed by atoms with Gasteiger partial charge in [-0.1, -0.05) is 49.2 Å². The first kappa shape index (κ1) is 18.6. The molecule has 0 aromatic heterocycles. The predicted molar refractivity (Wildman–Crippen MR) is 104 cm³/mol. The molecule has 2 fully saturated rings. The third kappa shape index (κ3) is 3.08. The molecule has 144 valence electrons. The first-order valence-corrected chi connectivity index (χ1v) is 9.83. The Bertz CT molecular complexity index is 917. The fourth-order valence-electron chi connectivity index (χ4n) is 4.77. The van der Waals surface area contributed by atoms with E-state index in [1.807, 2.05) is 30.3 Å². The van der Waals surface area contributed by atoms with Gasteiger partial charge < -0.3 is 10.0 Å². The van der Waals surface area contributed by atoms with Crippen molar-refractivity contribution >= 4 is 5.91 Å². The Morgan fingerprint density at radius 1 is 1.18 bits per heavy atom. The van der Waals surface area contributed by atoms with Crippen molar-refractivity contribution in [3.8, 4) is 17.2 Å². The first-order valence-electron chi connectivity index (χ1n) is 9.83. The lowest BCUT2D eigenvalue weighted by atomic mass is 9.73. The van der Waals surface area contributed by atoms with Crippen molar-refractivity contribution in [2.24, 2.45) is 5.92 Å². The van der Waals surface area contributed by atoms with Gasteiger partial charge in [-0.2, -0.15) is 5.26 Å². The molecule has 0 unspecified atom stereocenters. The van der Waals surface area contributed by atoms with E-state index in [4.69, 9.17) is 0 Å². The van der Waals surface area contributed by atoms with Crippen LogP contribution in [0.4, 0.5) is 4.39 Å². The van der Waals surface area contributed by atoms with Gasteiger partial charge >= 0.3 is 0 Å². The predicted octanol–water partition coefficient (Wildman–Crippen LogP) is 3.86. The number of hydrogen-bond acceptors (Lipinski definition) is 3. The summed E-state index contributed by atoms with van der Waals surface area (Å²) < 4.78 is 13.8. The highest BCUT2D eigenvalue weighted by Gasteiger charge is 2.53. The number of halogens is 1. The van der Waals surface area contributed by atoms with E-state index in [9.17, 15) is 19.6 Å². The molecule has 0 spiro atoms. The van der Waals surface area contributed by atoms with Crippen LogP contribution >= 0.6 is 0 Å². The van der Waals surface area contributed by atoms with Gasteiger partial charge in [0.2, 0.25) is 5.91 Å². The SMILES string of the molecule is N#C[C@H]1[C@H](c2ccccc2-c2cccc(F)c2)[C@@H](CO)N1C(=O)C1CCCC1. The van der Waals surface area contributed by atoms with Gasteiger partial charge in [0, 0.05) is 11.8 Å². The lowest BCUT2D eigenvalue weighted by molar-refractivity contribution is -0.151. The molecular formula is C23H23FN2O2. The Morgan fingerprint density at radius 3 is 2.61 bits per heavy atom. The number of benzene rings is 2. The molecule has 0 bridgehead atoms. The number of nitriles is 1. The van der Waals surface area contributed by atoms with E-state index in [0.717, 1.165) is 42.4 Å². The van der Waals surface area contributed by atoms with E-state index in [-0.39, 0.29) is 30.2 Å². The summed E-state index contributed by atoms with van der Waals surface area (Å²) in [5, 5.41) is 19.8. The van der Waals surface area contributed by atoms with Gasteiger partial charge in [-0.3, -0.25) is 4.79 Å². The van der Waals surface area contributed by atoms with Gasteiger partial charge in [0.25, 0.3) is 0 Å². The molecule has 28 heavy (non-hydrogen) atoms. The molecule has 1 saturated heterocycles. The minimum atomic E-state index is -0.611. The maximum Gasteiger partial charge on any atom is 0.227 e. The number of likely N-dealkylation sites (tertiary alicyclic amines) is 1. The smallest absolute Gasteiger partial charge is 0.227 e. The minimum Gasteiger partial charge on any atom is -0.394 e. The van der Waals surface area contributed by atoms with Crippen molar-refractivity contribution < 1.29 is 14.3 Å². The number of amides is 1. The molecule has 1 N–H and O–H groups in total. The van der Waals surface area contributed by atoms with Crippen LogP contribution in [-0.4, -0.2) is 34.6 Å². The zero-order valence-corrected chi connectivity index (χ0v) is 15.6. The van der Waals surface area contributed by atoms with Gasteiger partial charge in [-0.15, -0.1) is 0 Å². The van der Waals surface area contributed by atoms with E-state index < -0.39 is 12.1 Å². The molecule has 4 rings (SSSR count). The van der Waals surface area contributed by atoms with Crippen LogP contribution in [0.15, 0.2) is 48.5 Å². The number of nitrogens with zero attached hydrogens (tertiary/aromatic N) is 2. The van der Waals surface area contributed by atoms with E-state index in [1.54, 1.807) is 11.0 Å². The molecule has 4 nitrogen and oxygen atoms in total. The molecule has 0 radical (unpaired) electrons. The number of aliphatic hydroxyl groups is 1. The third-order valence-corrected chi connectivity index (χ3v) is 6.15. The maximum atomic E-state index is 13.8. The number of aliphatic hydroxyl groups excluding tert-OH is 1. The molecule has 1 amide bonds. The van der Waals surface area contributed by atoms with Crippen molar-refractivity contribution in [2.45, 2.75) is 43.7 Å². The molecule has 2 aromatic carbocycles. The van der Waals surface area contributed by atoms with Crippen LogP contribution in [0.3, 0.4) is 0 Å². The number of rotatable bonds is 4. The van der Waals surface area contributed by atoms with Crippen molar-refractivity contribution in [2.75, 3.05) is 6.61 Å². The number of carbonyl (C=O) groups excluding carboxylic acids is 1. The van der Waals surface area contributed by atoms with E-state index in [0.29, 0.717) is 0 Å². The van der Waals surface area contributed by atoms with Crippen molar-refractivity contribution in [1.82, 2.24) is 4.90 Å².